The number of rotatable bonds is 5. The van der Waals surface area contributed by atoms with Crippen LogP contribution in [0.1, 0.15) is 89.9 Å². The largest absolute Gasteiger partial charge is 0.146 e. The molecule has 0 atom stereocenters. The first-order valence-corrected chi connectivity index (χ1v) is 10.9. The third-order valence-electron chi connectivity index (χ3n) is 8.35. The first-order chi connectivity index (χ1) is 10.9. The summed E-state index contributed by atoms with van der Waals surface area (Å²) >= 11 is 0. The highest BCUT2D eigenvalue weighted by molar-refractivity contribution is 6.63. The minimum Gasteiger partial charge on any atom is -0.0737 e. The molecule has 4 rings (SSSR count). The lowest BCUT2D eigenvalue weighted by molar-refractivity contribution is 0.437. The Balaban J connectivity index is 1.22. The fourth-order valence-electron chi connectivity index (χ4n) is 7.33. The first kappa shape index (κ1) is 15.6. The highest BCUT2D eigenvalue weighted by Gasteiger charge is 2.40. The number of hydrogen-bond donors (Lipinski definition) is 0. The Morgan fingerprint density at radius 1 is 0.455 bits per heavy atom. The molecule has 0 aliphatic carbocycles. The van der Waals surface area contributed by atoms with Gasteiger partial charge in [-0.3, -0.25) is 0 Å². The van der Waals surface area contributed by atoms with Crippen LogP contribution in [-0.4, -0.2) is 13.4 Å². The fourth-order valence-corrected chi connectivity index (χ4v) is 7.33. The van der Waals surface area contributed by atoms with Crippen LogP contribution in [0.5, 0.6) is 0 Å². The summed E-state index contributed by atoms with van der Waals surface area (Å²) in [6.45, 7) is 2.29. The van der Waals surface area contributed by atoms with Gasteiger partial charge < -0.3 is 0 Å². The molecule has 4 fully saturated rings. The fraction of sp³-hybridized carbons (Fsp3) is 1.00. The molecule has 0 saturated carbocycles. The van der Waals surface area contributed by atoms with Gasteiger partial charge in [-0.25, -0.2) is 0 Å². The summed E-state index contributed by atoms with van der Waals surface area (Å²) < 4.78 is 0. The van der Waals surface area contributed by atoms with E-state index >= 15 is 0 Å². The van der Waals surface area contributed by atoms with Crippen LogP contribution in [0, 0.1) is 0 Å². The molecule has 4 heterocycles. The highest BCUT2D eigenvalue weighted by Crippen LogP contribution is 2.50. The molecule has 0 N–H and O–H groups in total. The lowest BCUT2D eigenvalue weighted by Crippen LogP contribution is -2.35. The number of hydrogen-bond acceptors (Lipinski definition) is 0. The topological polar surface area (TPSA) is 0 Å². The van der Waals surface area contributed by atoms with Crippen molar-refractivity contribution in [3.63, 3.8) is 0 Å². The molecule has 0 nitrogen and oxygen atoms in total. The summed E-state index contributed by atoms with van der Waals surface area (Å²) in [6.07, 6.45) is 25.1. The van der Waals surface area contributed by atoms with Crippen molar-refractivity contribution in [3.8, 4) is 0 Å². The van der Waals surface area contributed by atoms with E-state index in [1.54, 1.807) is 103 Å². The summed E-state index contributed by atoms with van der Waals surface area (Å²) in [5.74, 6) is 4.56. The molecule has 22 heavy (non-hydrogen) atoms. The van der Waals surface area contributed by atoms with E-state index in [1.807, 2.05) is 0 Å². The van der Waals surface area contributed by atoms with Crippen molar-refractivity contribution in [2.75, 3.05) is 0 Å². The van der Waals surface area contributed by atoms with Gasteiger partial charge in [-0.05, 0) is 0 Å². The maximum absolute atomic E-state index is 1.59. The Labute approximate surface area is 139 Å². The highest BCUT2D eigenvalue weighted by atomic mass is 14.3. The van der Waals surface area contributed by atoms with Crippen LogP contribution >= 0.6 is 0 Å². The van der Waals surface area contributed by atoms with Gasteiger partial charge in [-0.1, -0.05) is 126 Å². The van der Waals surface area contributed by atoms with Gasteiger partial charge in [0.1, 0.15) is 13.4 Å². The van der Waals surface area contributed by atoms with Crippen LogP contribution in [0.15, 0.2) is 0 Å². The van der Waals surface area contributed by atoms with E-state index in [-0.39, 0.29) is 0 Å². The SMILES string of the molecule is C(CCB1C2CCCC1CCC2)CB1C2CCCC1CCC2. The monoisotopic (exact) mass is 298 g/mol. The average Bonchev–Trinajstić information content (AvgIpc) is 2.51. The standard InChI is InChI=1S/C20H36B2/c1(15-21-17-7-3-8-18(21)10-4-9-17)2-16-22-19-11-5-12-20(22)14-6-13-19/h17-20H,1-16H2. The summed E-state index contributed by atoms with van der Waals surface area (Å²) in [7, 11) is 0. The molecule has 4 aliphatic rings. The molecule has 2 heteroatoms. The van der Waals surface area contributed by atoms with Gasteiger partial charge in [0.05, 0.1) is 0 Å². The third kappa shape index (κ3) is 3.32. The van der Waals surface area contributed by atoms with Gasteiger partial charge in [0, 0.05) is 0 Å². The summed E-state index contributed by atoms with van der Waals surface area (Å²) in [5, 5.41) is 0. The van der Waals surface area contributed by atoms with Crippen molar-refractivity contribution in [2.45, 2.75) is 126 Å². The van der Waals surface area contributed by atoms with Crippen molar-refractivity contribution in [3.05, 3.63) is 0 Å². The minimum atomic E-state index is 1.14. The zero-order valence-electron chi connectivity index (χ0n) is 14.8. The molecule has 0 unspecified atom stereocenters. The molecule has 0 amide bonds. The van der Waals surface area contributed by atoms with E-state index in [0.29, 0.717) is 0 Å². The van der Waals surface area contributed by atoms with Crippen LogP contribution in [0.4, 0.5) is 0 Å². The molecule has 4 aliphatic heterocycles. The molecule has 0 aromatic rings. The summed E-state index contributed by atoms with van der Waals surface area (Å²) in [6, 6.07) is 0. The summed E-state index contributed by atoms with van der Waals surface area (Å²) in [5.41, 5.74) is 0. The van der Waals surface area contributed by atoms with Gasteiger partial charge >= 0.3 is 0 Å². The Morgan fingerprint density at radius 2 is 0.727 bits per heavy atom. The average molecular weight is 298 g/mol. The van der Waals surface area contributed by atoms with Gasteiger partial charge in [0.2, 0.25) is 0 Å². The second kappa shape index (κ2) is 7.35. The quantitative estimate of drug-likeness (QED) is 0.379. The molecule has 0 aromatic carbocycles. The maximum Gasteiger partial charge on any atom is 0.146 e. The van der Waals surface area contributed by atoms with Crippen molar-refractivity contribution >= 4 is 13.4 Å². The van der Waals surface area contributed by atoms with E-state index < -0.39 is 0 Å². The first-order valence-electron chi connectivity index (χ1n) is 10.9. The van der Waals surface area contributed by atoms with Gasteiger partial charge in [0.15, 0.2) is 0 Å². The van der Waals surface area contributed by atoms with Gasteiger partial charge in [0.25, 0.3) is 0 Å². The van der Waals surface area contributed by atoms with E-state index in [4.69, 9.17) is 0 Å². The van der Waals surface area contributed by atoms with Gasteiger partial charge in [-0.2, -0.15) is 0 Å². The van der Waals surface area contributed by atoms with E-state index in [1.165, 1.54) is 0 Å². The normalized spacial score (nSPS) is 38.2. The van der Waals surface area contributed by atoms with Crippen LogP contribution in [0.25, 0.3) is 0 Å². The van der Waals surface area contributed by atoms with Crippen molar-refractivity contribution in [2.24, 2.45) is 0 Å². The molecule has 0 aromatic heterocycles. The Kier molecular flexibility index (Phi) is 5.23. The van der Waals surface area contributed by atoms with Crippen LogP contribution < -0.4 is 0 Å². The van der Waals surface area contributed by atoms with Crippen LogP contribution in [0.3, 0.4) is 0 Å². The zero-order valence-corrected chi connectivity index (χ0v) is 14.8. The maximum atomic E-state index is 1.59. The second-order valence-corrected chi connectivity index (χ2v) is 9.38. The molecular formula is C20H36B2. The molecule has 4 saturated heterocycles. The smallest absolute Gasteiger partial charge is 0.0737 e. The van der Waals surface area contributed by atoms with Crippen LogP contribution in [-0.2, 0) is 0 Å². The Bertz CT molecular complexity index is 278. The van der Waals surface area contributed by atoms with E-state index in [9.17, 15) is 0 Å². The molecular weight excluding hydrogens is 262 g/mol. The van der Waals surface area contributed by atoms with E-state index in [0.717, 1.165) is 36.7 Å². The zero-order chi connectivity index (χ0) is 14.8. The predicted molar refractivity (Wildman–Crippen MR) is 101 cm³/mol. The second-order valence-electron chi connectivity index (χ2n) is 9.38. The molecule has 4 bridgehead atoms. The predicted octanol–water partition coefficient (Wildman–Crippen LogP) is 6.97. The Morgan fingerprint density at radius 3 is 1.00 bits per heavy atom. The number of unbranched alkanes of at least 4 members (excludes halogenated alkanes) is 1. The lowest BCUT2D eigenvalue weighted by atomic mass is 9.24. The van der Waals surface area contributed by atoms with Crippen LogP contribution in [0.2, 0.25) is 35.9 Å². The summed E-state index contributed by atoms with van der Waals surface area (Å²) in [4.78, 5) is 0. The Hall–Kier alpha value is 0.130. The number of fused-ring (bicyclic) bond motifs is 4. The van der Waals surface area contributed by atoms with Crippen molar-refractivity contribution in [1.82, 2.24) is 0 Å². The lowest BCUT2D eigenvalue weighted by Gasteiger charge is -2.41. The van der Waals surface area contributed by atoms with Crippen molar-refractivity contribution in [1.29, 1.82) is 0 Å². The third-order valence-corrected chi connectivity index (χ3v) is 8.35. The van der Waals surface area contributed by atoms with Crippen molar-refractivity contribution < 1.29 is 0 Å². The van der Waals surface area contributed by atoms with E-state index in [2.05, 4.69) is 0 Å². The molecule has 122 valence electrons. The minimum absolute atomic E-state index is 1.14. The van der Waals surface area contributed by atoms with Gasteiger partial charge in [-0.15, -0.1) is 0 Å². The molecule has 0 spiro atoms. The molecule has 0 radical (unpaired) electrons.